The van der Waals surface area contributed by atoms with Crippen molar-refractivity contribution in [1.29, 1.82) is 0 Å². The summed E-state index contributed by atoms with van der Waals surface area (Å²) in [4.78, 5) is 21.2. The molecule has 0 saturated carbocycles. The Bertz CT molecular complexity index is 346. The molecular formula is C13H21NaO5. The maximum Gasteiger partial charge on any atom is 1.00 e. The van der Waals surface area contributed by atoms with Crippen molar-refractivity contribution >= 4 is 11.9 Å². The van der Waals surface area contributed by atoms with Gasteiger partial charge in [0.2, 0.25) is 0 Å². The fourth-order valence-electron chi connectivity index (χ4n) is 1.77. The molecule has 2 aliphatic heterocycles. The first-order chi connectivity index (χ1) is 8.52. The van der Waals surface area contributed by atoms with Crippen molar-refractivity contribution < 1.29 is 55.2 Å². The Morgan fingerprint density at radius 3 is 2.21 bits per heavy atom. The number of cyclic esters (lactones) is 2. The van der Waals surface area contributed by atoms with Gasteiger partial charge in [-0.25, -0.2) is 4.79 Å². The van der Waals surface area contributed by atoms with Crippen LogP contribution >= 0.6 is 0 Å². The van der Waals surface area contributed by atoms with Crippen LogP contribution < -0.4 is 29.6 Å². The summed E-state index contributed by atoms with van der Waals surface area (Å²) in [5.41, 5.74) is 0.373. The Hall–Kier alpha value is -0.520. The Labute approximate surface area is 137 Å². The fraction of sp³-hybridized carbons (Fsp3) is 0.692. The molecule has 0 aromatic rings. The number of esters is 2. The number of aliphatic hydroxyl groups is 1. The number of ether oxygens (including phenoxy) is 2. The van der Waals surface area contributed by atoms with Gasteiger partial charge in [0, 0.05) is 6.42 Å². The molecule has 1 N–H and O–H groups in total. The van der Waals surface area contributed by atoms with Gasteiger partial charge in [-0.05, 0) is 39.5 Å². The molecule has 2 unspecified atom stereocenters. The van der Waals surface area contributed by atoms with Crippen LogP contribution in [0.25, 0.3) is 0 Å². The summed E-state index contributed by atoms with van der Waals surface area (Å²) in [6, 6.07) is 0. The van der Waals surface area contributed by atoms with Crippen LogP contribution in [0.3, 0.4) is 0 Å². The van der Waals surface area contributed by atoms with E-state index in [-0.39, 0.29) is 55.1 Å². The molecular weight excluding hydrogens is 259 g/mol. The largest absolute Gasteiger partial charge is 1.00 e. The van der Waals surface area contributed by atoms with E-state index < -0.39 is 0 Å². The molecule has 0 aromatic heterocycles. The van der Waals surface area contributed by atoms with Gasteiger partial charge in [0.1, 0.15) is 0 Å². The first-order valence-corrected chi connectivity index (χ1v) is 6.26. The minimum atomic E-state index is -0.388. The molecule has 5 nitrogen and oxygen atoms in total. The van der Waals surface area contributed by atoms with Crippen molar-refractivity contribution in [2.24, 2.45) is 0 Å². The summed E-state index contributed by atoms with van der Waals surface area (Å²) in [6.45, 7) is 3.77. The van der Waals surface area contributed by atoms with E-state index in [2.05, 4.69) is 0 Å². The maximum absolute atomic E-state index is 10.8. The van der Waals surface area contributed by atoms with Gasteiger partial charge in [-0.1, -0.05) is 0 Å². The van der Waals surface area contributed by atoms with E-state index >= 15 is 0 Å². The van der Waals surface area contributed by atoms with E-state index in [0.717, 1.165) is 25.5 Å². The third-order valence-electron chi connectivity index (χ3n) is 2.87. The van der Waals surface area contributed by atoms with Crippen molar-refractivity contribution in [2.45, 2.75) is 58.2 Å². The summed E-state index contributed by atoms with van der Waals surface area (Å²) in [5.74, 6) is -0.426. The number of aliphatic hydroxyl groups excluding tert-OH is 1. The van der Waals surface area contributed by atoms with Gasteiger partial charge in [0.05, 0.1) is 24.0 Å². The minimum absolute atomic E-state index is 0. The van der Waals surface area contributed by atoms with Gasteiger partial charge in [0.25, 0.3) is 0 Å². The van der Waals surface area contributed by atoms with Crippen LogP contribution in [0.2, 0.25) is 0 Å². The molecule has 2 rings (SSSR count). The van der Waals surface area contributed by atoms with Gasteiger partial charge in [0.15, 0.2) is 0 Å². The zero-order valence-electron chi connectivity index (χ0n) is 12.8. The predicted octanol–water partition coefficient (Wildman–Crippen LogP) is -0.628. The molecule has 6 heteroatoms. The molecule has 0 bridgehead atoms. The minimum Gasteiger partial charge on any atom is -1.00 e. The summed E-state index contributed by atoms with van der Waals surface area (Å²) in [7, 11) is 0. The molecule has 0 aromatic carbocycles. The van der Waals surface area contributed by atoms with Crippen molar-refractivity contribution in [2.75, 3.05) is 0 Å². The smallest absolute Gasteiger partial charge is 1.00 e. The average Bonchev–Trinajstić information content (AvgIpc) is 2.29. The topological polar surface area (TPSA) is 72.8 Å². The van der Waals surface area contributed by atoms with Crippen LogP contribution in [-0.2, 0) is 19.1 Å². The van der Waals surface area contributed by atoms with E-state index in [4.69, 9.17) is 14.6 Å². The van der Waals surface area contributed by atoms with E-state index in [9.17, 15) is 9.59 Å². The molecule has 2 saturated heterocycles. The van der Waals surface area contributed by atoms with Gasteiger partial charge < -0.3 is 16.0 Å². The second kappa shape index (κ2) is 9.39. The summed E-state index contributed by atoms with van der Waals surface area (Å²) >= 11 is 0. The van der Waals surface area contributed by atoms with Crippen LogP contribution in [-0.4, -0.2) is 29.3 Å². The third kappa shape index (κ3) is 6.99. The molecule has 104 valence electrons. The van der Waals surface area contributed by atoms with Crippen LogP contribution in [0.4, 0.5) is 0 Å². The van der Waals surface area contributed by atoms with Crippen molar-refractivity contribution in [3.8, 4) is 0 Å². The molecule has 0 amide bonds. The Kier molecular flexibility index (Phi) is 9.14. The Morgan fingerprint density at radius 2 is 1.79 bits per heavy atom. The van der Waals surface area contributed by atoms with Crippen LogP contribution in [0.1, 0.15) is 47.4 Å². The van der Waals surface area contributed by atoms with Crippen molar-refractivity contribution in [3.05, 3.63) is 11.8 Å². The number of carbonyl (C=O) groups excluding carboxylic acids is 2. The third-order valence-corrected chi connectivity index (χ3v) is 2.87. The number of hydrogen-bond acceptors (Lipinski definition) is 5. The van der Waals surface area contributed by atoms with Crippen molar-refractivity contribution in [3.63, 3.8) is 0 Å². The Morgan fingerprint density at radius 1 is 1.16 bits per heavy atom. The number of rotatable bonds is 0. The van der Waals surface area contributed by atoms with Gasteiger partial charge in [-0.3, -0.25) is 4.79 Å². The van der Waals surface area contributed by atoms with Crippen LogP contribution in [0, 0.1) is 0 Å². The van der Waals surface area contributed by atoms with Gasteiger partial charge in [-0.15, -0.1) is 0 Å². The molecule has 2 fully saturated rings. The van der Waals surface area contributed by atoms with Gasteiger partial charge >= 0.3 is 41.5 Å². The van der Waals surface area contributed by atoms with Crippen LogP contribution in [0.5, 0.6) is 0 Å². The molecule has 2 aliphatic rings. The predicted molar refractivity (Wildman–Crippen MR) is 66.0 cm³/mol. The van der Waals surface area contributed by atoms with E-state index in [0.29, 0.717) is 18.4 Å². The average molecular weight is 280 g/mol. The second-order valence-corrected chi connectivity index (χ2v) is 4.60. The zero-order chi connectivity index (χ0) is 13.5. The molecule has 2 atom stereocenters. The normalized spacial score (nSPS) is 28.4. The number of carbonyl (C=O) groups is 2. The monoisotopic (exact) mass is 280 g/mol. The first-order valence-electron chi connectivity index (χ1n) is 6.26. The molecule has 0 spiro atoms. The van der Waals surface area contributed by atoms with Crippen LogP contribution in [0.15, 0.2) is 11.8 Å². The summed E-state index contributed by atoms with van der Waals surface area (Å²) in [5, 5.41) is 8.48. The Balaban J connectivity index is 0. The first kappa shape index (κ1) is 18.5. The van der Waals surface area contributed by atoms with Gasteiger partial charge in [-0.2, -0.15) is 0 Å². The maximum atomic E-state index is 10.8. The zero-order valence-corrected chi connectivity index (χ0v) is 13.8. The summed E-state index contributed by atoms with van der Waals surface area (Å²) < 4.78 is 9.67. The van der Waals surface area contributed by atoms with Crippen molar-refractivity contribution in [1.82, 2.24) is 0 Å². The molecule has 0 radical (unpaired) electrons. The van der Waals surface area contributed by atoms with E-state index in [1.165, 1.54) is 0 Å². The quantitative estimate of drug-likeness (QED) is 0.277. The van der Waals surface area contributed by atoms with E-state index in [1.54, 1.807) is 0 Å². The van der Waals surface area contributed by atoms with E-state index in [1.807, 2.05) is 13.8 Å². The molecule has 19 heavy (non-hydrogen) atoms. The standard InChI is InChI=1S/C7H10O3.C6H10O2.Na.H/c1-5-2-3-6(4-8)7(9)10-5;1-5-3-2-4-6(7)8-5;;/h4-5,8H,2-3H2,1H3;5H,2-4H2,1H3;;/q;;+1;-1/b6-4+;;;. The SMILES string of the molecule is CC1CC/C(=C\O)C(=O)O1.CC1CCCC(=O)O1.[H-].[Na+]. The second-order valence-electron chi connectivity index (χ2n) is 4.60. The number of hydrogen-bond donors (Lipinski definition) is 1. The fourth-order valence-corrected chi connectivity index (χ4v) is 1.77. The summed E-state index contributed by atoms with van der Waals surface area (Å²) in [6.07, 6.45) is 5.06. The molecule has 0 aliphatic carbocycles. The molecule has 2 heterocycles.